The van der Waals surface area contributed by atoms with E-state index in [2.05, 4.69) is 33.5 Å². The molecule has 0 spiro atoms. The van der Waals surface area contributed by atoms with E-state index in [1.54, 1.807) is 12.1 Å². The number of hydrogen-bond acceptors (Lipinski definition) is 3. The Bertz CT molecular complexity index is 465. The summed E-state index contributed by atoms with van der Waals surface area (Å²) in [6.07, 6.45) is 2.02. The molecule has 0 aliphatic carbocycles. The highest BCUT2D eigenvalue weighted by Gasteiger charge is 2.15. The molecule has 0 aromatic heterocycles. The summed E-state index contributed by atoms with van der Waals surface area (Å²) < 4.78 is 11.7. The smallest absolute Gasteiger partial charge is 0.319 e. The Kier molecular flexibility index (Phi) is 4.90. The van der Waals surface area contributed by atoms with Crippen LogP contribution < -0.4 is 20.1 Å². The second kappa shape index (κ2) is 6.65. The number of carbonyl (C=O) groups is 1. The zero-order chi connectivity index (χ0) is 13.7. The lowest BCUT2D eigenvalue weighted by molar-refractivity contribution is 0.171. The number of amides is 2. The van der Waals surface area contributed by atoms with Gasteiger partial charge in [0.2, 0.25) is 0 Å². The Morgan fingerprint density at radius 1 is 1.32 bits per heavy atom. The number of hydrogen-bond donors (Lipinski definition) is 2. The zero-order valence-electron chi connectivity index (χ0n) is 10.8. The number of nitrogens with one attached hydrogen (secondary N) is 2. The molecule has 104 valence electrons. The van der Waals surface area contributed by atoms with Crippen molar-refractivity contribution in [2.75, 3.05) is 25.1 Å². The maximum absolute atomic E-state index is 11.7. The van der Waals surface area contributed by atoms with Gasteiger partial charge in [0, 0.05) is 23.2 Å². The van der Waals surface area contributed by atoms with Crippen molar-refractivity contribution in [3.05, 3.63) is 16.6 Å². The molecule has 0 unspecified atom stereocenters. The molecule has 6 heteroatoms. The average molecular weight is 329 g/mol. The van der Waals surface area contributed by atoms with Crippen molar-refractivity contribution in [1.29, 1.82) is 0 Å². The van der Waals surface area contributed by atoms with Crippen LogP contribution in [-0.2, 0) is 0 Å². The molecule has 1 aromatic carbocycles. The van der Waals surface area contributed by atoms with Crippen molar-refractivity contribution in [3.63, 3.8) is 0 Å². The first-order valence-electron chi connectivity index (χ1n) is 6.34. The first-order valence-corrected chi connectivity index (χ1v) is 7.14. The van der Waals surface area contributed by atoms with E-state index >= 15 is 0 Å². The van der Waals surface area contributed by atoms with Gasteiger partial charge in [-0.15, -0.1) is 0 Å². The molecule has 0 saturated carbocycles. The maximum Gasteiger partial charge on any atom is 0.319 e. The second-order valence-electron chi connectivity index (χ2n) is 4.21. The van der Waals surface area contributed by atoms with Gasteiger partial charge in [-0.1, -0.05) is 13.3 Å². The third-order valence-electron chi connectivity index (χ3n) is 2.70. The highest BCUT2D eigenvalue weighted by Crippen LogP contribution is 2.38. The van der Waals surface area contributed by atoms with E-state index in [4.69, 9.17) is 9.47 Å². The quantitative estimate of drug-likeness (QED) is 0.835. The number of anilines is 1. The van der Waals surface area contributed by atoms with Crippen LogP contribution in [0.4, 0.5) is 10.5 Å². The fraction of sp³-hybridized carbons (Fsp3) is 0.462. The van der Waals surface area contributed by atoms with E-state index in [0.717, 1.165) is 17.3 Å². The standard InChI is InChI=1S/C13H17BrN2O3/c1-2-3-4-15-13(17)16-10-8-12-11(7-9(10)14)18-5-6-19-12/h7-8H,2-6H2,1H3,(H2,15,16,17). The van der Waals surface area contributed by atoms with Gasteiger partial charge in [-0.2, -0.15) is 0 Å². The first kappa shape index (κ1) is 14.0. The summed E-state index contributed by atoms with van der Waals surface area (Å²) in [5.74, 6) is 1.34. The molecule has 19 heavy (non-hydrogen) atoms. The summed E-state index contributed by atoms with van der Waals surface area (Å²) in [4.78, 5) is 11.7. The topological polar surface area (TPSA) is 59.6 Å². The van der Waals surface area contributed by atoms with Crippen LogP contribution in [0.15, 0.2) is 16.6 Å². The molecule has 0 fully saturated rings. The van der Waals surface area contributed by atoms with Crippen molar-refractivity contribution in [1.82, 2.24) is 5.32 Å². The molecule has 0 atom stereocenters. The lowest BCUT2D eigenvalue weighted by Crippen LogP contribution is -2.29. The third kappa shape index (κ3) is 3.76. The lowest BCUT2D eigenvalue weighted by Gasteiger charge is -2.20. The molecule has 1 aliphatic heterocycles. The summed E-state index contributed by atoms with van der Waals surface area (Å²) in [5.41, 5.74) is 0.665. The monoisotopic (exact) mass is 328 g/mol. The molecule has 0 radical (unpaired) electrons. The molecular formula is C13H17BrN2O3. The third-order valence-corrected chi connectivity index (χ3v) is 3.35. The normalized spacial score (nSPS) is 12.9. The average Bonchev–Trinajstić information content (AvgIpc) is 2.40. The van der Waals surface area contributed by atoms with Crippen LogP contribution in [0.25, 0.3) is 0 Å². The summed E-state index contributed by atoms with van der Waals surface area (Å²) in [6.45, 7) is 3.82. The zero-order valence-corrected chi connectivity index (χ0v) is 12.4. The van der Waals surface area contributed by atoms with Gasteiger partial charge in [-0.3, -0.25) is 0 Å². The van der Waals surface area contributed by atoms with Gasteiger partial charge in [0.05, 0.1) is 5.69 Å². The van der Waals surface area contributed by atoms with Crippen molar-refractivity contribution in [2.45, 2.75) is 19.8 Å². The Balaban J connectivity index is 2.01. The van der Waals surface area contributed by atoms with Crippen molar-refractivity contribution >= 4 is 27.6 Å². The first-order chi connectivity index (χ1) is 9.20. The molecule has 0 bridgehead atoms. The lowest BCUT2D eigenvalue weighted by atomic mass is 10.2. The van der Waals surface area contributed by atoms with Crippen LogP contribution in [-0.4, -0.2) is 25.8 Å². The molecule has 1 aromatic rings. The Morgan fingerprint density at radius 2 is 2.00 bits per heavy atom. The van der Waals surface area contributed by atoms with E-state index in [1.165, 1.54) is 0 Å². The van der Waals surface area contributed by atoms with E-state index in [0.29, 0.717) is 36.9 Å². The Labute approximate surface area is 120 Å². The van der Waals surface area contributed by atoms with E-state index in [-0.39, 0.29) is 6.03 Å². The Morgan fingerprint density at radius 3 is 2.68 bits per heavy atom. The van der Waals surface area contributed by atoms with Crippen molar-refractivity contribution in [2.24, 2.45) is 0 Å². The largest absolute Gasteiger partial charge is 0.486 e. The Hall–Kier alpha value is -1.43. The van der Waals surface area contributed by atoms with E-state index < -0.39 is 0 Å². The number of halogens is 1. The van der Waals surface area contributed by atoms with Crippen LogP contribution in [0, 0.1) is 0 Å². The summed E-state index contributed by atoms with van der Waals surface area (Å²) in [6, 6.07) is 3.35. The molecule has 0 saturated heterocycles. The predicted octanol–water partition coefficient (Wildman–Crippen LogP) is 3.14. The van der Waals surface area contributed by atoms with Gasteiger partial charge in [-0.25, -0.2) is 4.79 Å². The number of ether oxygens (including phenoxy) is 2. The number of carbonyl (C=O) groups excluding carboxylic acids is 1. The van der Waals surface area contributed by atoms with Crippen LogP contribution in [0.3, 0.4) is 0 Å². The summed E-state index contributed by atoms with van der Waals surface area (Å²) in [5, 5.41) is 5.58. The maximum atomic E-state index is 11.7. The number of fused-ring (bicyclic) bond motifs is 1. The van der Waals surface area contributed by atoms with Crippen LogP contribution in [0.1, 0.15) is 19.8 Å². The number of rotatable bonds is 4. The highest BCUT2D eigenvalue weighted by molar-refractivity contribution is 9.10. The number of unbranched alkanes of at least 4 members (excludes halogenated alkanes) is 1. The highest BCUT2D eigenvalue weighted by atomic mass is 79.9. The van der Waals surface area contributed by atoms with Crippen LogP contribution in [0.5, 0.6) is 11.5 Å². The van der Waals surface area contributed by atoms with E-state index in [1.807, 2.05) is 0 Å². The van der Waals surface area contributed by atoms with Crippen LogP contribution in [0.2, 0.25) is 0 Å². The second-order valence-corrected chi connectivity index (χ2v) is 5.06. The number of benzene rings is 1. The molecular weight excluding hydrogens is 312 g/mol. The van der Waals surface area contributed by atoms with Gasteiger partial charge in [0.15, 0.2) is 11.5 Å². The van der Waals surface area contributed by atoms with Crippen LogP contribution >= 0.6 is 15.9 Å². The number of urea groups is 1. The fourth-order valence-corrected chi connectivity index (χ4v) is 2.13. The van der Waals surface area contributed by atoms with Crippen molar-refractivity contribution in [3.8, 4) is 11.5 Å². The van der Waals surface area contributed by atoms with E-state index in [9.17, 15) is 4.79 Å². The summed E-state index contributed by atoms with van der Waals surface area (Å²) >= 11 is 3.41. The van der Waals surface area contributed by atoms with Crippen molar-refractivity contribution < 1.29 is 14.3 Å². The minimum atomic E-state index is -0.217. The minimum Gasteiger partial charge on any atom is -0.486 e. The molecule has 2 rings (SSSR count). The molecule has 1 aliphatic rings. The van der Waals surface area contributed by atoms with Gasteiger partial charge in [0.25, 0.3) is 0 Å². The molecule has 1 heterocycles. The van der Waals surface area contributed by atoms with Gasteiger partial charge in [-0.05, 0) is 22.4 Å². The van der Waals surface area contributed by atoms with Gasteiger partial charge >= 0.3 is 6.03 Å². The molecule has 5 nitrogen and oxygen atoms in total. The summed E-state index contributed by atoms with van der Waals surface area (Å²) in [7, 11) is 0. The minimum absolute atomic E-state index is 0.217. The molecule has 2 N–H and O–H groups in total. The fourth-order valence-electron chi connectivity index (χ4n) is 1.70. The SMILES string of the molecule is CCCCNC(=O)Nc1cc2c(cc1Br)OCCO2. The van der Waals surface area contributed by atoms with Gasteiger partial charge < -0.3 is 20.1 Å². The predicted molar refractivity (Wildman–Crippen MR) is 77.1 cm³/mol. The van der Waals surface area contributed by atoms with Gasteiger partial charge in [0.1, 0.15) is 13.2 Å². The molecule has 2 amide bonds.